The van der Waals surface area contributed by atoms with Crippen LogP contribution in [0.3, 0.4) is 0 Å². The monoisotopic (exact) mass is 468 g/mol. The van der Waals surface area contributed by atoms with E-state index >= 15 is 0 Å². The second-order valence-corrected chi connectivity index (χ2v) is 8.51. The molecule has 0 saturated carbocycles. The zero-order valence-electron chi connectivity index (χ0n) is 14.8. The van der Waals surface area contributed by atoms with Gasteiger partial charge in [-0.1, -0.05) is 53.1 Å². The molecular weight excluding hydrogens is 452 g/mol. The molecule has 0 saturated heterocycles. The third-order valence-corrected chi connectivity index (χ3v) is 5.32. The van der Waals surface area contributed by atoms with Crippen LogP contribution in [-0.4, -0.2) is 26.4 Å². The molecule has 0 aliphatic rings. The highest BCUT2D eigenvalue weighted by atomic mass is 79.9. The largest absolute Gasteiger partial charge is 0.461 e. The van der Waals surface area contributed by atoms with Crippen molar-refractivity contribution in [2.24, 2.45) is 5.92 Å². The number of hydrogen-bond acceptors (Lipinski definition) is 5. The minimum Gasteiger partial charge on any atom is -0.461 e. The van der Waals surface area contributed by atoms with Gasteiger partial charge in [-0.15, -0.1) is 10.2 Å². The number of halogens is 2. The molecule has 0 spiro atoms. The summed E-state index contributed by atoms with van der Waals surface area (Å²) >= 11 is 10.8. The number of nitrogens with zero attached hydrogens (tertiary/aromatic N) is 3. The average Bonchev–Trinajstić information content (AvgIpc) is 3.25. The van der Waals surface area contributed by atoms with E-state index in [1.54, 1.807) is 18.4 Å². The molecule has 1 aromatic carbocycles. The van der Waals surface area contributed by atoms with Gasteiger partial charge in [0.15, 0.2) is 16.7 Å². The van der Waals surface area contributed by atoms with Crippen LogP contribution in [0, 0.1) is 5.92 Å². The van der Waals surface area contributed by atoms with E-state index in [9.17, 15) is 4.79 Å². The second kappa shape index (κ2) is 8.95. The zero-order chi connectivity index (χ0) is 19.4. The molecule has 0 fully saturated rings. The van der Waals surface area contributed by atoms with E-state index in [4.69, 9.17) is 16.0 Å². The van der Waals surface area contributed by atoms with Crippen LogP contribution >= 0.6 is 39.3 Å². The van der Waals surface area contributed by atoms with Crippen molar-refractivity contribution in [3.8, 4) is 11.6 Å². The number of benzene rings is 1. The van der Waals surface area contributed by atoms with Crippen LogP contribution < -0.4 is 5.32 Å². The summed E-state index contributed by atoms with van der Waals surface area (Å²) in [6.07, 6.45) is 1.60. The predicted molar refractivity (Wildman–Crippen MR) is 111 cm³/mol. The molecule has 0 aliphatic carbocycles. The van der Waals surface area contributed by atoms with Crippen molar-refractivity contribution in [3.05, 3.63) is 46.1 Å². The first kappa shape index (κ1) is 20.0. The molecule has 0 atom stereocenters. The topological polar surface area (TPSA) is 73.0 Å². The maximum absolute atomic E-state index is 12.3. The molecule has 0 bridgehead atoms. The van der Waals surface area contributed by atoms with E-state index in [0.29, 0.717) is 33.4 Å². The van der Waals surface area contributed by atoms with Gasteiger partial charge in [-0.05, 0) is 36.2 Å². The number of thioether (sulfide) groups is 1. The molecule has 3 aromatic rings. The van der Waals surface area contributed by atoms with Crippen LogP contribution in [0.2, 0.25) is 5.02 Å². The summed E-state index contributed by atoms with van der Waals surface area (Å²) < 4.78 is 8.29. The number of nitrogens with one attached hydrogen (secondary N) is 1. The van der Waals surface area contributed by atoms with Crippen LogP contribution in [0.4, 0.5) is 5.69 Å². The highest BCUT2D eigenvalue weighted by Gasteiger charge is 2.18. The third kappa shape index (κ3) is 5.15. The highest BCUT2D eigenvalue weighted by molar-refractivity contribution is 9.10. The zero-order valence-corrected chi connectivity index (χ0v) is 17.9. The summed E-state index contributed by atoms with van der Waals surface area (Å²) in [6.45, 7) is 4.96. The minimum atomic E-state index is -0.164. The molecule has 2 heterocycles. The summed E-state index contributed by atoms with van der Waals surface area (Å²) in [4.78, 5) is 12.3. The summed E-state index contributed by atoms with van der Waals surface area (Å²) in [5.74, 6) is 1.74. The van der Waals surface area contributed by atoms with Crippen molar-refractivity contribution >= 4 is 50.9 Å². The quantitative estimate of drug-likeness (QED) is 0.473. The van der Waals surface area contributed by atoms with Crippen LogP contribution in [0.5, 0.6) is 0 Å². The summed E-state index contributed by atoms with van der Waals surface area (Å²) in [6, 6.07) is 8.97. The minimum absolute atomic E-state index is 0.164. The molecule has 3 rings (SSSR count). The van der Waals surface area contributed by atoms with Crippen LogP contribution in [0.1, 0.15) is 13.8 Å². The molecule has 0 aliphatic heterocycles. The Labute approximate surface area is 174 Å². The Morgan fingerprint density at radius 3 is 2.85 bits per heavy atom. The SMILES string of the molecule is CC(C)Cn1c(SCC(=O)Nc2ccc(Br)cc2Cl)nnc1-c1ccco1. The van der Waals surface area contributed by atoms with Crippen LogP contribution in [-0.2, 0) is 11.3 Å². The van der Waals surface area contributed by atoms with Gasteiger partial charge in [0.1, 0.15) is 0 Å². The van der Waals surface area contributed by atoms with Crippen LogP contribution in [0.15, 0.2) is 50.6 Å². The standard InChI is InChI=1S/C18H18BrClN4O2S/c1-11(2)9-24-17(15-4-3-7-26-15)22-23-18(24)27-10-16(25)21-14-6-5-12(19)8-13(14)20/h3-8,11H,9-10H2,1-2H3,(H,21,25). The van der Waals surface area contributed by atoms with Crippen molar-refractivity contribution < 1.29 is 9.21 Å². The molecule has 1 amide bonds. The molecule has 27 heavy (non-hydrogen) atoms. The van der Waals surface area contributed by atoms with E-state index in [1.807, 2.05) is 22.8 Å². The smallest absolute Gasteiger partial charge is 0.234 e. The van der Waals surface area contributed by atoms with Gasteiger partial charge in [-0.3, -0.25) is 9.36 Å². The fourth-order valence-electron chi connectivity index (χ4n) is 2.42. The Hall–Kier alpha value is -1.77. The lowest BCUT2D eigenvalue weighted by atomic mass is 10.2. The molecular formula is C18H18BrClN4O2S. The van der Waals surface area contributed by atoms with Gasteiger partial charge in [0.25, 0.3) is 0 Å². The first-order valence-corrected chi connectivity index (χ1v) is 10.4. The normalized spacial score (nSPS) is 11.1. The van der Waals surface area contributed by atoms with Gasteiger partial charge >= 0.3 is 0 Å². The average molecular weight is 470 g/mol. The number of amides is 1. The molecule has 142 valence electrons. The second-order valence-electron chi connectivity index (χ2n) is 6.25. The van der Waals surface area contributed by atoms with Gasteiger partial charge in [0.05, 0.1) is 22.7 Å². The summed E-state index contributed by atoms with van der Waals surface area (Å²) in [7, 11) is 0. The van der Waals surface area contributed by atoms with E-state index in [-0.39, 0.29) is 11.7 Å². The molecule has 1 N–H and O–H groups in total. The molecule has 0 unspecified atom stereocenters. The Morgan fingerprint density at radius 2 is 2.19 bits per heavy atom. The van der Waals surface area contributed by atoms with Gasteiger partial charge in [-0.25, -0.2) is 0 Å². The fourth-order valence-corrected chi connectivity index (χ4v) is 3.89. The first-order valence-electron chi connectivity index (χ1n) is 8.29. The Bertz CT molecular complexity index is 928. The van der Waals surface area contributed by atoms with Crippen molar-refractivity contribution in [1.29, 1.82) is 0 Å². The van der Waals surface area contributed by atoms with Gasteiger partial charge in [-0.2, -0.15) is 0 Å². The maximum atomic E-state index is 12.3. The van der Waals surface area contributed by atoms with Gasteiger partial charge < -0.3 is 9.73 Å². The summed E-state index contributed by atoms with van der Waals surface area (Å²) in [5, 5.41) is 12.4. The first-order chi connectivity index (χ1) is 12.9. The number of furan rings is 1. The summed E-state index contributed by atoms with van der Waals surface area (Å²) in [5.41, 5.74) is 0.574. The lowest BCUT2D eigenvalue weighted by Crippen LogP contribution is -2.15. The molecule has 0 radical (unpaired) electrons. The number of carbonyl (C=O) groups excluding carboxylic acids is 1. The number of anilines is 1. The Morgan fingerprint density at radius 1 is 1.37 bits per heavy atom. The molecule has 9 heteroatoms. The Balaban J connectivity index is 1.70. The van der Waals surface area contributed by atoms with Gasteiger partial charge in [0, 0.05) is 11.0 Å². The predicted octanol–water partition coefficient (Wildman–Crippen LogP) is 5.34. The number of hydrogen-bond donors (Lipinski definition) is 1. The molecule has 6 nitrogen and oxygen atoms in total. The number of aromatic nitrogens is 3. The van der Waals surface area contributed by atoms with Crippen molar-refractivity contribution in [2.75, 3.05) is 11.1 Å². The third-order valence-electron chi connectivity index (χ3n) is 3.54. The maximum Gasteiger partial charge on any atom is 0.234 e. The van der Waals surface area contributed by atoms with E-state index in [0.717, 1.165) is 11.0 Å². The van der Waals surface area contributed by atoms with E-state index in [1.165, 1.54) is 11.8 Å². The molecule has 2 aromatic heterocycles. The number of carbonyl (C=O) groups is 1. The van der Waals surface area contributed by atoms with Crippen LogP contribution in [0.25, 0.3) is 11.6 Å². The van der Waals surface area contributed by atoms with Gasteiger partial charge in [0.2, 0.25) is 5.91 Å². The lowest BCUT2D eigenvalue weighted by molar-refractivity contribution is -0.113. The Kier molecular flexibility index (Phi) is 6.62. The van der Waals surface area contributed by atoms with E-state index in [2.05, 4.69) is 45.3 Å². The van der Waals surface area contributed by atoms with E-state index < -0.39 is 0 Å². The lowest BCUT2D eigenvalue weighted by Gasteiger charge is -2.11. The number of rotatable bonds is 7. The van der Waals surface area contributed by atoms with Crippen molar-refractivity contribution in [1.82, 2.24) is 14.8 Å². The fraction of sp³-hybridized carbons (Fsp3) is 0.278. The van der Waals surface area contributed by atoms with Crippen molar-refractivity contribution in [3.63, 3.8) is 0 Å². The highest BCUT2D eigenvalue weighted by Crippen LogP contribution is 2.27. The van der Waals surface area contributed by atoms with Crippen molar-refractivity contribution in [2.45, 2.75) is 25.5 Å².